The average molecular weight is 335 g/mol. The predicted octanol–water partition coefficient (Wildman–Crippen LogP) is 4.02. The molecule has 0 N–H and O–H groups in total. The summed E-state index contributed by atoms with van der Waals surface area (Å²) >= 11 is 3.21. The molecule has 0 saturated heterocycles. The molecule has 0 bridgehead atoms. The number of hydrogen-bond donors (Lipinski definition) is 0. The summed E-state index contributed by atoms with van der Waals surface area (Å²) in [4.78, 5) is 11.5. The zero-order valence-corrected chi connectivity index (χ0v) is 12.9. The second-order valence-corrected chi connectivity index (χ2v) is 5.91. The van der Waals surface area contributed by atoms with Crippen LogP contribution in [0.1, 0.15) is 6.92 Å². The number of carbonyl (C=O) groups excluding carboxylic acids is 1. The third kappa shape index (κ3) is 3.39. The molecule has 1 unspecified atom stereocenters. The fraction of sp³-hybridized carbons (Fsp3) is 0.188. The van der Waals surface area contributed by atoms with E-state index < -0.39 is 10.5 Å². The van der Waals surface area contributed by atoms with Gasteiger partial charge in [0.25, 0.3) is 4.51 Å². The van der Waals surface area contributed by atoms with Crippen LogP contribution in [-0.2, 0) is 9.53 Å². The van der Waals surface area contributed by atoms with Gasteiger partial charge in [0.15, 0.2) is 0 Å². The zero-order chi connectivity index (χ0) is 14.6. The average Bonchev–Trinajstić information content (AvgIpc) is 2.47. The first kappa shape index (κ1) is 14.6. The molecule has 3 nitrogen and oxygen atoms in total. The van der Waals surface area contributed by atoms with Crippen LogP contribution in [0.2, 0.25) is 0 Å². The van der Waals surface area contributed by atoms with Crippen LogP contribution in [0.4, 0.5) is 0 Å². The van der Waals surface area contributed by atoms with Gasteiger partial charge in [-0.1, -0.05) is 42.5 Å². The van der Waals surface area contributed by atoms with Crippen molar-refractivity contribution in [2.24, 2.45) is 0 Å². The van der Waals surface area contributed by atoms with Gasteiger partial charge in [-0.15, -0.1) is 0 Å². The van der Waals surface area contributed by atoms with Crippen LogP contribution in [0.5, 0.6) is 5.75 Å². The van der Waals surface area contributed by atoms with Gasteiger partial charge in [0.2, 0.25) is 0 Å². The van der Waals surface area contributed by atoms with Crippen molar-refractivity contribution in [3.8, 4) is 16.9 Å². The minimum atomic E-state index is -1.18. The van der Waals surface area contributed by atoms with Gasteiger partial charge in [-0.25, -0.2) is 4.79 Å². The summed E-state index contributed by atoms with van der Waals surface area (Å²) in [7, 11) is 1.32. The van der Waals surface area contributed by atoms with Crippen molar-refractivity contribution < 1.29 is 14.3 Å². The quantitative estimate of drug-likeness (QED) is 0.625. The molecule has 104 valence electrons. The summed E-state index contributed by atoms with van der Waals surface area (Å²) < 4.78 is 9.07. The van der Waals surface area contributed by atoms with Gasteiger partial charge < -0.3 is 9.47 Å². The second-order valence-electron chi connectivity index (χ2n) is 4.40. The number of hydrogen-bond acceptors (Lipinski definition) is 3. The molecule has 2 rings (SSSR count). The molecule has 0 saturated carbocycles. The third-order valence-electron chi connectivity index (χ3n) is 2.82. The molecular formula is C16H15BrO3. The Kier molecular flexibility index (Phi) is 4.45. The largest absolute Gasteiger partial charge is 0.465 e. The third-order valence-corrected chi connectivity index (χ3v) is 3.31. The monoisotopic (exact) mass is 334 g/mol. The zero-order valence-electron chi connectivity index (χ0n) is 11.3. The summed E-state index contributed by atoms with van der Waals surface area (Å²) in [6, 6.07) is 17.6. The number of alkyl halides is 1. The van der Waals surface area contributed by atoms with Crippen molar-refractivity contribution in [1.82, 2.24) is 0 Å². The van der Waals surface area contributed by atoms with Crippen molar-refractivity contribution in [1.29, 1.82) is 0 Å². The number of rotatable bonds is 4. The smallest absolute Gasteiger partial charge is 0.361 e. The van der Waals surface area contributed by atoms with E-state index in [1.54, 1.807) is 6.92 Å². The van der Waals surface area contributed by atoms with Crippen molar-refractivity contribution >= 4 is 21.9 Å². The molecule has 1 atom stereocenters. The standard InChI is InChI=1S/C16H15BrO3/c1-16(17,15(18)19-2)20-14-10-8-13(9-11-14)12-6-4-3-5-7-12/h3-11H,1-2H3. The molecule has 20 heavy (non-hydrogen) atoms. The van der Waals surface area contributed by atoms with Gasteiger partial charge in [-0.2, -0.15) is 0 Å². The molecule has 0 amide bonds. The molecular weight excluding hydrogens is 320 g/mol. The minimum Gasteiger partial charge on any atom is -0.465 e. The molecule has 0 aliphatic heterocycles. The van der Waals surface area contributed by atoms with Gasteiger partial charge in [0.05, 0.1) is 7.11 Å². The van der Waals surface area contributed by atoms with Crippen LogP contribution in [0.3, 0.4) is 0 Å². The molecule has 2 aromatic rings. The Morgan fingerprint density at radius 1 is 1.00 bits per heavy atom. The maximum Gasteiger partial charge on any atom is 0.361 e. The van der Waals surface area contributed by atoms with E-state index in [1.165, 1.54) is 7.11 Å². The Hall–Kier alpha value is -1.81. The Bertz CT molecular complexity index is 576. The van der Waals surface area contributed by atoms with E-state index in [4.69, 9.17) is 4.74 Å². The Morgan fingerprint density at radius 2 is 1.55 bits per heavy atom. The van der Waals surface area contributed by atoms with Crippen LogP contribution in [0.15, 0.2) is 54.6 Å². The Morgan fingerprint density at radius 3 is 2.10 bits per heavy atom. The number of methoxy groups -OCH3 is 1. The molecule has 0 fully saturated rings. The summed E-state index contributed by atoms with van der Waals surface area (Å²) in [5, 5.41) is 0. The van der Waals surface area contributed by atoms with Gasteiger partial charge >= 0.3 is 5.97 Å². The maximum atomic E-state index is 11.5. The van der Waals surface area contributed by atoms with Gasteiger partial charge in [0, 0.05) is 0 Å². The fourth-order valence-electron chi connectivity index (χ4n) is 1.79. The number of halogens is 1. The maximum absolute atomic E-state index is 11.5. The molecule has 2 aromatic carbocycles. The van der Waals surface area contributed by atoms with E-state index in [1.807, 2.05) is 54.6 Å². The van der Waals surface area contributed by atoms with Crippen molar-refractivity contribution in [2.45, 2.75) is 11.4 Å². The summed E-state index contributed by atoms with van der Waals surface area (Å²) in [5.41, 5.74) is 2.22. The first-order valence-electron chi connectivity index (χ1n) is 6.15. The lowest BCUT2D eigenvalue weighted by Crippen LogP contribution is -2.35. The summed E-state index contributed by atoms with van der Waals surface area (Å²) in [6.45, 7) is 1.60. The van der Waals surface area contributed by atoms with Crippen LogP contribution in [0.25, 0.3) is 11.1 Å². The van der Waals surface area contributed by atoms with Crippen LogP contribution in [-0.4, -0.2) is 17.6 Å². The normalized spacial score (nSPS) is 13.3. The summed E-state index contributed by atoms with van der Waals surface area (Å²) in [6.07, 6.45) is 0. The number of carbonyl (C=O) groups is 1. The first-order chi connectivity index (χ1) is 9.53. The fourth-order valence-corrected chi connectivity index (χ4v) is 2.14. The number of esters is 1. The number of benzene rings is 2. The lowest BCUT2D eigenvalue weighted by molar-refractivity contribution is -0.149. The van der Waals surface area contributed by atoms with E-state index >= 15 is 0 Å². The molecule has 0 aliphatic carbocycles. The highest BCUT2D eigenvalue weighted by Crippen LogP contribution is 2.27. The minimum absolute atomic E-state index is 0.482. The first-order valence-corrected chi connectivity index (χ1v) is 6.94. The Balaban J connectivity index is 2.15. The van der Waals surface area contributed by atoms with Crippen molar-refractivity contribution in [2.75, 3.05) is 7.11 Å². The van der Waals surface area contributed by atoms with Crippen LogP contribution >= 0.6 is 15.9 Å². The van der Waals surface area contributed by atoms with Gasteiger partial charge in [-0.05, 0) is 46.1 Å². The van der Waals surface area contributed by atoms with E-state index in [0.717, 1.165) is 11.1 Å². The molecule has 0 aromatic heterocycles. The van der Waals surface area contributed by atoms with Gasteiger partial charge in [-0.3, -0.25) is 0 Å². The molecule has 4 heteroatoms. The lowest BCUT2D eigenvalue weighted by atomic mass is 10.1. The highest BCUT2D eigenvalue weighted by Gasteiger charge is 2.33. The lowest BCUT2D eigenvalue weighted by Gasteiger charge is -2.21. The SMILES string of the molecule is COC(=O)C(C)(Br)Oc1ccc(-c2ccccc2)cc1. The highest BCUT2D eigenvalue weighted by molar-refractivity contribution is 9.10. The topological polar surface area (TPSA) is 35.5 Å². The van der Waals surface area contributed by atoms with E-state index in [9.17, 15) is 4.79 Å². The predicted molar refractivity (Wildman–Crippen MR) is 81.9 cm³/mol. The molecule has 0 heterocycles. The molecule has 0 aliphatic rings. The Labute approximate surface area is 126 Å². The van der Waals surface area contributed by atoms with Crippen molar-refractivity contribution in [3.63, 3.8) is 0 Å². The highest BCUT2D eigenvalue weighted by atomic mass is 79.9. The van der Waals surface area contributed by atoms with E-state index in [-0.39, 0.29) is 0 Å². The van der Waals surface area contributed by atoms with Gasteiger partial charge in [0.1, 0.15) is 5.75 Å². The number of ether oxygens (including phenoxy) is 2. The molecule has 0 spiro atoms. The van der Waals surface area contributed by atoms with E-state index in [2.05, 4.69) is 20.7 Å². The molecule has 0 radical (unpaired) electrons. The second kappa shape index (κ2) is 6.09. The van der Waals surface area contributed by atoms with E-state index in [0.29, 0.717) is 5.75 Å². The van der Waals surface area contributed by atoms with Crippen molar-refractivity contribution in [3.05, 3.63) is 54.6 Å². The summed E-state index contributed by atoms with van der Waals surface area (Å²) in [5.74, 6) is 0.110. The van der Waals surface area contributed by atoms with Crippen LogP contribution < -0.4 is 4.74 Å². The van der Waals surface area contributed by atoms with Crippen LogP contribution in [0, 0.1) is 0 Å².